The smallest absolute Gasteiger partial charge is 0.263 e. The first-order valence-electron chi connectivity index (χ1n) is 8.81. The third kappa shape index (κ3) is 4.10. The number of nitrogens with one attached hydrogen (secondary N) is 1. The minimum Gasteiger partial charge on any atom is -0.378 e. The Labute approximate surface area is 163 Å². The Morgan fingerprint density at radius 2 is 1.75 bits per heavy atom. The number of morpholine rings is 1. The highest BCUT2D eigenvalue weighted by Crippen LogP contribution is 2.22. The van der Waals surface area contributed by atoms with Gasteiger partial charge >= 0.3 is 0 Å². The van der Waals surface area contributed by atoms with Gasteiger partial charge in [0.15, 0.2) is 5.82 Å². The number of benzene rings is 1. The summed E-state index contributed by atoms with van der Waals surface area (Å²) in [5, 5.41) is 8.60. The van der Waals surface area contributed by atoms with Crippen LogP contribution in [0.5, 0.6) is 0 Å². The number of aromatic nitrogens is 3. The van der Waals surface area contributed by atoms with E-state index < -0.39 is 10.0 Å². The first-order chi connectivity index (χ1) is 13.6. The fourth-order valence-corrected chi connectivity index (χ4v) is 3.89. The summed E-state index contributed by atoms with van der Waals surface area (Å²) in [7, 11) is -3.67. The molecule has 1 aliphatic heterocycles. The lowest BCUT2D eigenvalue weighted by atomic mass is 10.1. The van der Waals surface area contributed by atoms with E-state index in [2.05, 4.69) is 24.8 Å². The van der Waals surface area contributed by atoms with Crippen LogP contribution in [0.3, 0.4) is 0 Å². The summed E-state index contributed by atoms with van der Waals surface area (Å²) < 4.78 is 32.6. The summed E-state index contributed by atoms with van der Waals surface area (Å²) in [6.45, 7) is 3.00. The molecule has 1 aromatic carbocycles. The molecule has 0 bridgehead atoms. The fraction of sp³-hybridized carbons (Fsp3) is 0.211. The zero-order valence-corrected chi connectivity index (χ0v) is 15.8. The van der Waals surface area contributed by atoms with E-state index in [1.807, 2.05) is 12.1 Å². The molecule has 144 valence electrons. The van der Waals surface area contributed by atoms with Gasteiger partial charge in [0.25, 0.3) is 10.0 Å². The molecular formula is C19H19N5O3S. The van der Waals surface area contributed by atoms with Crippen molar-refractivity contribution in [2.75, 3.05) is 35.9 Å². The van der Waals surface area contributed by atoms with Crippen molar-refractivity contribution in [3.05, 3.63) is 60.9 Å². The normalized spacial score (nSPS) is 14.6. The van der Waals surface area contributed by atoms with Crippen molar-refractivity contribution in [3.8, 4) is 11.3 Å². The Hall–Kier alpha value is -3.04. The molecule has 0 spiro atoms. The predicted octanol–water partition coefficient (Wildman–Crippen LogP) is 2.18. The van der Waals surface area contributed by atoms with Gasteiger partial charge in [-0.2, -0.15) is 0 Å². The number of hydrogen-bond donors (Lipinski definition) is 1. The van der Waals surface area contributed by atoms with Crippen molar-refractivity contribution in [1.82, 2.24) is 15.2 Å². The van der Waals surface area contributed by atoms with Gasteiger partial charge in [-0.1, -0.05) is 12.1 Å². The third-order valence-electron chi connectivity index (χ3n) is 4.36. The summed E-state index contributed by atoms with van der Waals surface area (Å²) in [5.41, 5.74) is 2.04. The van der Waals surface area contributed by atoms with Gasteiger partial charge in [0.2, 0.25) is 0 Å². The monoisotopic (exact) mass is 397 g/mol. The molecule has 3 heterocycles. The van der Waals surface area contributed by atoms with Gasteiger partial charge in [-0.3, -0.25) is 9.71 Å². The molecule has 1 aliphatic rings. The minimum atomic E-state index is -3.67. The molecule has 9 heteroatoms. The van der Waals surface area contributed by atoms with Gasteiger partial charge in [0, 0.05) is 36.7 Å². The number of hydrogen-bond acceptors (Lipinski definition) is 7. The third-order valence-corrected chi connectivity index (χ3v) is 5.73. The maximum Gasteiger partial charge on any atom is 0.263 e. The Morgan fingerprint density at radius 1 is 0.964 bits per heavy atom. The topological polar surface area (TPSA) is 97.3 Å². The Kier molecular flexibility index (Phi) is 5.18. The van der Waals surface area contributed by atoms with E-state index in [1.165, 1.54) is 18.5 Å². The van der Waals surface area contributed by atoms with Crippen LogP contribution >= 0.6 is 0 Å². The molecule has 0 unspecified atom stereocenters. The molecule has 0 amide bonds. The van der Waals surface area contributed by atoms with Crippen LogP contribution in [-0.2, 0) is 14.8 Å². The molecule has 1 N–H and O–H groups in total. The fourth-order valence-electron chi connectivity index (χ4n) is 2.87. The highest BCUT2D eigenvalue weighted by Gasteiger charge is 2.15. The van der Waals surface area contributed by atoms with E-state index in [4.69, 9.17) is 4.74 Å². The van der Waals surface area contributed by atoms with E-state index >= 15 is 0 Å². The van der Waals surface area contributed by atoms with Crippen LogP contribution in [0, 0.1) is 0 Å². The average Bonchev–Trinajstić information content (AvgIpc) is 2.75. The second-order valence-electron chi connectivity index (χ2n) is 6.25. The summed E-state index contributed by atoms with van der Waals surface area (Å²) in [6, 6.07) is 13.9. The van der Waals surface area contributed by atoms with Crippen molar-refractivity contribution in [2.45, 2.75) is 4.90 Å². The van der Waals surface area contributed by atoms with Crippen LogP contribution in [0.4, 0.5) is 11.5 Å². The predicted molar refractivity (Wildman–Crippen MR) is 106 cm³/mol. The highest BCUT2D eigenvalue weighted by molar-refractivity contribution is 7.92. The lowest BCUT2D eigenvalue weighted by Gasteiger charge is -2.27. The van der Waals surface area contributed by atoms with Gasteiger partial charge < -0.3 is 9.64 Å². The first-order valence-corrected chi connectivity index (χ1v) is 10.3. The van der Waals surface area contributed by atoms with Crippen LogP contribution in [0.15, 0.2) is 65.8 Å². The first kappa shape index (κ1) is 18.3. The zero-order chi connectivity index (χ0) is 19.4. The number of rotatable bonds is 5. The van der Waals surface area contributed by atoms with Gasteiger partial charge in [-0.15, -0.1) is 10.2 Å². The van der Waals surface area contributed by atoms with Gasteiger partial charge in [-0.05, 0) is 36.4 Å². The van der Waals surface area contributed by atoms with E-state index in [0.29, 0.717) is 18.9 Å². The molecular weight excluding hydrogens is 378 g/mol. The number of pyridine rings is 1. The van der Waals surface area contributed by atoms with Crippen LogP contribution < -0.4 is 9.62 Å². The number of sulfonamides is 1. The summed E-state index contributed by atoms with van der Waals surface area (Å²) >= 11 is 0. The van der Waals surface area contributed by atoms with Crippen molar-refractivity contribution in [1.29, 1.82) is 0 Å². The van der Waals surface area contributed by atoms with Crippen molar-refractivity contribution < 1.29 is 13.2 Å². The van der Waals surface area contributed by atoms with E-state index in [0.717, 1.165) is 30.2 Å². The van der Waals surface area contributed by atoms with Gasteiger partial charge in [-0.25, -0.2) is 8.42 Å². The molecule has 0 radical (unpaired) electrons. The van der Waals surface area contributed by atoms with Crippen LogP contribution in [0.25, 0.3) is 11.3 Å². The second kappa shape index (κ2) is 7.91. The molecule has 28 heavy (non-hydrogen) atoms. The molecule has 2 aromatic heterocycles. The molecule has 0 saturated carbocycles. The Morgan fingerprint density at radius 3 is 2.39 bits per heavy atom. The Bertz CT molecular complexity index is 1020. The standard InChI is InChI=1S/C19H19N5O3S/c25-28(26,17-2-1-9-20-14-17)23-16-5-3-15(4-6-16)18-7-8-19(22-21-18)24-10-12-27-13-11-24/h1-9,14,23H,10-13H2. The Balaban J connectivity index is 1.47. The van der Waals surface area contributed by atoms with Crippen molar-refractivity contribution in [3.63, 3.8) is 0 Å². The van der Waals surface area contributed by atoms with Crippen molar-refractivity contribution >= 4 is 21.5 Å². The molecule has 3 aromatic rings. The van der Waals surface area contributed by atoms with Crippen LogP contribution in [0.2, 0.25) is 0 Å². The SMILES string of the molecule is O=S(=O)(Nc1ccc(-c2ccc(N3CCOCC3)nn2)cc1)c1cccnc1. The van der Waals surface area contributed by atoms with E-state index in [9.17, 15) is 8.42 Å². The lowest BCUT2D eigenvalue weighted by molar-refractivity contribution is 0.122. The van der Waals surface area contributed by atoms with Gasteiger partial charge in [0.1, 0.15) is 4.90 Å². The molecule has 4 rings (SSSR count). The number of nitrogens with zero attached hydrogens (tertiary/aromatic N) is 4. The lowest BCUT2D eigenvalue weighted by Crippen LogP contribution is -2.36. The molecule has 1 fully saturated rings. The van der Waals surface area contributed by atoms with Crippen LogP contribution in [-0.4, -0.2) is 49.9 Å². The van der Waals surface area contributed by atoms with E-state index in [1.54, 1.807) is 30.3 Å². The summed E-state index contributed by atoms with van der Waals surface area (Å²) in [4.78, 5) is 6.09. The summed E-state index contributed by atoms with van der Waals surface area (Å²) in [6.07, 6.45) is 2.83. The molecule has 0 aliphatic carbocycles. The maximum atomic E-state index is 12.4. The largest absolute Gasteiger partial charge is 0.378 e. The molecule has 0 atom stereocenters. The highest BCUT2D eigenvalue weighted by atomic mass is 32.2. The summed E-state index contributed by atoms with van der Waals surface area (Å²) in [5.74, 6) is 0.827. The number of anilines is 2. The average molecular weight is 397 g/mol. The van der Waals surface area contributed by atoms with Gasteiger partial charge in [0.05, 0.1) is 18.9 Å². The maximum absolute atomic E-state index is 12.4. The molecule has 8 nitrogen and oxygen atoms in total. The minimum absolute atomic E-state index is 0.114. The van der Waals surface area contributed by atoms with Crippen LogP contribution in [0.1, 0.15) is 0 Å². The zero-order valence-electron chi connectivity index (χ0n) is 15.0. The van der Waals surface area contributed by atoms with Crippen molar-refractivity contribution in [2.24, 2.45) is 0 Å². The van der Waals surface area contributed by atoms with E-state index in [-0.39, 0.29) is 4.90 Å². The number of ether oxygens (including phenoxy) is 1. The molecule has 1 saturated heterocycles. The second-order valence-corrected chi connectivity index (χ2v) is 7.93. The quantitative estimate of drug-likeness (QED) is 0.705.